The number of carbonyl (C=O) groups excluding carboxylic acids is 3. The van der Waals surface area contributed by atoms with Crippen LogP contribution in [-0.4, -0.2) is 17.6 Å². The summed E-state index contributed by atoms with van der Waals surface area (Å²) in [5, 5.41) is 0. The predicted molar refractivity (Wildman–Crippen MR) is 85.3 cm³/mol. The number of nitrogens with two attached hydrogens (primary N) is 2. The summed E-state index contributed by atoms with van der Waals surface area (Å²) in [7, 11) is 0. The first-order valence-corrected chi connectivity index (χ1v) is 7.00. The van der Waals surface area contributed by atoms with E-state index in [1.165, 1.54) is 29.8 Å². The number of ketones is 1. The van der Waals surface area contributed by atoms with Crippen LogP contribution in [0.3, 0.4) is 0 Å². The Labute approximate surface area is 130 Å². The average molecular weight is 302 g/mol. The van der Waals surface area contributed by atoms with Crippen molar-refractivity contribution in [3.8, 4) is 0 Å². The summed E-state index contributed by atoms with van der Waals surface area (Å²) in [6, 6.07) is 5.84. The first-order valence-electron chi connectivity index (χ1n) is 7.00. The average Bonchev–Trinajstić information content (AvgIpc) is 2.36. The largest absolute Gasteiger partial charge is 0.366 e. The molecule has 5 heteroatoms. The van der Waals surface area contributed by atoms with Gasteiger partial charge in [-0.3, -0.25) is 14.4 Å². The number of carbonyl (C=O) groups is 3. The quantitative estimate of drug-likeness (QED) is 0.875. The van der Waals surface area contributed by atoms with Gasteiger partial charge in [-0.2, -0.15) is 0 Å². The van der Waals surface area contributed by atoms with Gasteiger partial charge in [-0.05, 0) is 49.1 Å². The molecule has 0 aromatic heterocycles. The van der Waals surface area contributed by atoms with Crippen LogP contribution >= 0.6 is 0 Å². The third-order valence-electron chi connectivity index (χ3n) is 3.27. The minimum Gasteiger partial charge on any atom is -0.366 e. The van der Waals surface area contributed by atoms with Gasteiger partial charge >= 0.3 is 0 Å². The topological polar surface area (TPSA) is 103 Å². The smallest absolute Gasteiger partial charge is 0.248 e. The van der Waals surface area contributed by atoms with Gasteiger partial charge < -0.3 is 11.5 Å². The predicted octanol–water partition coefficient (Wildman–Crippen LogP) is 2.21. The molecule has 0 saturated carbocycles. The molecule has 0 bridgehead atoms. The lowest BCUT2D eigenvalue weighted by molar-refractivity contribution is -0.117. The Bertz CT molecular complexity index is 580. The van der Waals surface area contributed by atoms with E-state index in [9.17, 15) is 14.4 Å². The molecule has 0 heterocycles. The molecule has 118 valence electrons. The number of allylic oxidation sites excluding steroid dienone is 2. The summed E-state index contributed by atoms with van der Waals surface area (Å²) in [4.78, 5) is 32.2. The fraction of sp³-hybridized carbons (Fsp3) is 0.353. The van der Waals surface area contributed by atoms with Crippen LogP contribution in [-0.2, 0) is 4.79 Å². The molecule has 0 atom stereocenters. The normalized spacial score (nSPS) is 16.1. The molecule has 1 aromatic rings. The molecule has 2 rings (SSSR count). The van der Waals surface area contributed by atoms with Crippen molar-refractivity contribution in [3.05, 3.63) is 47.0 Å². The highest BCUT2D eigenvalue weighted by molar-refractivity contribution is 5.96. The van der Waals surface area contributed by atoms with E-state index in [0.29, 0.717) is 17.5 Å². The highest BCUT2D eigenvalue weighted by atomic mass is 16.1. The monoisotopic (exact) mass is 302 g/mol. The first-order chi connectivity index (χ1) is 10.1. The van der Waals surface area contributed by atoms with Crippen LogP contribution in [0.2, 0.25) is 0 Å². The van der Waals surface area contributed by atoms with Gasteiger partial charge in [-0.25, -0.2) is 0 Å². The molecular weight excluding hydrogens is 280 g/mol. The second kappa shape index (κ2) is 7.02. The van der Waals surface area contributed by atoms with E-state index in [0.717, 1.165) is 6.42 Å². The standard InChI is InChI=1S/C9H14O.C8H8N2O2/c1-7-4-8(10)6-9(2,3)5-7;9-7(11)5-1-2-6(4-3-5)8(10)12/h4H,5-6H2,1-3H3;1-4H,(H2,9,11)(H2,10,12). The van der Waals surface area contributed by atoms with E-state index in [2.05, 4.69) is 13.8 Å². The van der Waals surface area contributed by atoms with Gasteiger partial charge in [0.25, 0.3) is 0 Å². The zero-order valence-corrected chi connectivity index (χ0v) is 13.2. The second-order valence-corrected chi connectivity index (χ2v) is 6.28. The van der Waals surface area contributed by atoms with E-state index in [1.54, 1.807) is 6.08 Å². The van der Waals surface area contributed by atoms with Gasteiger partial charge in [-0.15, -0.1) is 0 Å². The maximum absolute atomic E-state index is 11.0. The molecule has 22 heavy (non-hydrogen) atoms. The van der Waals surface area contributed by atoms with Gasteiger partial charge in [0.2, 0.25) is 11.8 Å². The second-order valence-electron chi connectivity index (χ2n) is 6.28. The van der Waals surface area contributed by atoms with Gasteiger partial charge in [0.15, 0.2) is 5.78 Å². The summed E-state index contributed by atoms with van der Waals surface area (Å²) in [6.07, 6.45) is 3.55. The Hall–Kier alpha value is -2.43. The molecule has 0 unspecified atom stereocenters. The Morgan fingerprint density at radius 1 is 0.955 bits per heavy atom. The van der Waals surface area contributed by atoms with Crippen molar-refractivity contribution in [2.45, 2.75) is 33.6 Å². The van der Waals surface area contributed by atoms with Crippen molar-refractivity contribution in [3.63, 3.8) is 0 Å². The lowest BCUT2D eigenvalue weighted by Crippen LogP contribution is -2.20. The van der Waals surface area contributed by atoms with Crippen molar-refractivity contribution in [1.82, 2.24) is 0 Å². The Morgan fingerprint density at radius 2 is 1.36 bits per heavy atom. The van der Waals surface area contributed by atoms with Crippen molar-refractivity contribution in [2.24, 2.45) is 16.9 Å². The molecule has 0 saturated heterocycles. The first kappa shape index (κ1) is 17.6. The summed E-state index contributed by atoms with van der Waals surface area (Å²) < 4.78 is 0. The number of primary amides is 2. The van der Waals surface area contributed by atoms with Crippen molar-refractivity contribution >= 4 is 17.6 Å². The van der Waals surface area contributed by atoms with Crippen LogP contribution in [0.4, 0.5) is 0 Å². The summed E-state index contributed by atoms with van der Waals surface area (Å²) in [5.41, 5.74) is 12.1. The molecule has 0 fully saturated rings. The van der Waals surface area contributed by atoms with E-state index in [1.807, 2.05) is 6.92 Å². The number of amides is 2. The maximum Gasteiger partial charge on any atom is 0.248 e. The number of hydrogen-bond donors (Lipinski definition) is 2. The van der Waals surface area contributed by atoms with Crippen LogP contribution in [0.1, 0.15) is 54.3 Å². The van der Waals surface area contributed by atoms with E-state index in [4.69, 9.17) is 11.5 Å². The van der Waals surface area contributed by atoms with E-state index in [-0.39, 0.29) is 11.2 Å². The maximum atomic E-state index is 11.0. The Morgan fingerprint density at radius 3 is 1.64 bits per heavy atom. The highest BCUT2D eigenvalue weighted by Gasteiger charge is 2.25. The summed E-state index contributed by atoms with van der Waals surface area (Å²) >= 11 is 0. The minimum atomic E-state index is -0.522. The number of rotatable bonds is 2. The third-order valence-corrected chi connectivity index (χ3v) is 3.27. The molecule has 0 radical (unpaired) electrons. The number of benzene rings is 1. The zero-order chi connectivity index (χ0) is 16.9. The molecule has 5 nitrogen and oxygen atoms in total. The zero-order valence-electron chi connectivity index (χ0n) is 13.2. The van der Waals surface area contributed by atoms with Crippen LogP contribution in [0.5, 0.6) is 0 Å². The highest BCUT2D eigenvalue weighted by Crippen LogP contribution is 2.32. The molecule has 1 aliphatic rings. The van der Waals surface area contributed by atoms with Crippen LogP contribution in [0.25, 0.3) is 0 Å². The molecule has 2 amide bonds. The van der Waals surface area contributed by atoms with Gasteiger partial charge in [0.1, 0.15) is 0 Å². The van der Waals surface area contributed by atoms with Crippen LogP contribution in [0.15, 0.2) is 35.9 Å². The van der Waals surface area contributed by atoms with Crippen molar-refractivity contribution < 1.29 is 14.4 Å². The lowest BCUT2D eigenvalue weighted by atomic mass is 9.77. The van der Waals surface area contributed by atoms with E-state index < -0.39 is 11.8 Å². The lowest BCUT2D eigenvalue weighted by Gasteiger charge is -2.27. The Balaban J connectivity index is 0.000000224. The van der Waals surface area contributed by atoms with Gasteiger partial charge in [-0.1, -0.05) is 19.4 Å². The third kappa shape index (κ3) is 5.52. The minimum absolute atomic E-state index is 0.204. The van der Waals surface area contributed by atoms with Crippen LogP contribution in [0, 0.1) is 5.41 Å². The van der Waals surface area contributed by atoms with E-state index >= 15 is 0 Å². The fourth-order valence-electron chi connectivity index (χ4n) is 2.46. The molecule has 0 spiro atoms. The fourth-order valence-corrected chi connectivity index (χ4v) is 2.46. The molecule has 1 aliphatic carbocycles. The molecule has 1 aromatic carbocycles. The van der Waals surface area contributed by atoms with Crippen LogP contribution < -0.4 is 11.5 Å². The molecular formula is C17H22N2O3. The van der Waals surface area contributed by atoms with Gasteiger partial charge in [0.05, 0.1) is 0 Å². The Kier molecular flexibility index (Phi) is 5.63. The summed E-state index contributed by atoms with van der Waals surface area (Å²) in [6.45, 7) is 6.31. The summed E-state index contributed by atoms with van der Waals surface area (Å²) in [5.74, 6) is -0.759. The van der Waals surface area contributed by atoms with Crippen molar-refractivity contribution in [1.29, 1.82) is 0 Å². The SMILES string of the molecule is CC1=CC(=O)CC(C)(C)C1.NC(=O)c1ccc(C(N)=O)cc1. The molecule has 0 aliphatic heterocycles. The van der Waals surface area contributed by atoms with Crippen molar-refractivity contribution in [2.75, 3.05) is 0 Å². The van der Waals surface area contributed by atoms with Gasteiger partial charge in [0, 0.05) is 17.5 Å². The molecule has 4 N–H and O–H groups in total. The number of hydrogen-bond acceptors (Lipinski definition) is 3.